The smallest absolute Gasteiger partial charge is 0.272 e. The van der Waals surface area contributed by atoms with Gasteiger partial charge in [-0.2, -0.15) is 5.10 Å². The van der Waals surface area contributed by atoms with Crippen LogP contribution >= 0.6 is 27.7 Å². The summed E-state index contributed by atoms with van der Waals surface area (Å²) in [5.41, 5.74) is 4.97. The molecular formula is C21H18BrN3O2S. The molecule has 0 aliphatic rings. The number of ether oxygens (including phenoxy) is 1. The van der Waals surface area contributed by atoms with Gasteiger partial charge in [0.2, 0.25) is 0 Å². The predicted octanol–water partition coefficient (Wildman–Crippen LogP) is 4.91. The second-order valence-corrected chi connectivity index (χ2v) is 7.56. The third-order valence-electron chi connectivity index (χ3n) is 3.82. The van der Waals surface area contributed by atoms with Crippen molar-refractivity contribution < 1.29 is 9.53 Å². The van der Waals surface area contributed by atoms with Crippen molar-refractivity contribution in [1.29, 1.82) is 0 Å². The summed E-state index contributed by atoms with van der Waals surface area (Å²) in [6.45, 7) is 0. The van der Waals surface area contributed by atoms with Crippen LogP contribution in [0.1, 0.15) is 21.5 Å². The van der Waals surface area contributed by atoms with Gasteiger partial charge < -0.3 is 4.74 Å². The Morgan fingerprint density at radius 2 is 2.04 bits per heavy atom. The van der Waals surface area contributed by atoms with Gasteiger partial charge in [0.05, 0.1) is 23.9 Å². The van der Waals surface area contributed by atoms with Gasteiger partial charge in [-0.25, -0.2) is 10.4 Å². The van der Waals surface area contributed by atoms with Gasteiger partial charge in [-0.05, 0) is 64.0 Å². The van der Waals surface area contributed by atoms with Crippen molar-refractivity contribution in [3.8, 4) is 5.75 Å². The number of hydrogen-bond donors (Lipinski definition) is 1. The molecule has 0 saturated carbocycles. The van der Waals surface area contributed by atoms with Gasteiger partial charge in [-0.15, -0.1) is 11.8 Å². The molecule has 3 rings (SSSR count). The van der Waals surface area contributed by atoms with Crippen molar-refractivity contribution in [1.82, 2.24) is 10.4 Å². The van der Waals surface area contributed by atoms with Crippen molar-refractivity contribution >= 4 is 39.8 Å². The average molecular weight is 456 g/mol. The van der Waals surface area contributed by atoms with E-state index in [0.29, 0.717) is 11.3 Å². The Morgan fingerprint density at radius 1 is 1.21 bits per heavy atom. The fourth-order valence-corrected chi connectivity index (χ4v) is 3.75. The van der Waals surface area contributed by atoms with Crippen molar-refractivity contribution in [3.63, 3.8) is 0 Å². The highest BCUT2D eigenvalue weighted by atomic mass is 79.9. The van der Waals surface area contributed by atoms with Crippen LogP contribution in [0.15, 0.2) is 81.5 Å². The van der Waals surface area contributed by atoms with Crippen LogP contribution in [0.25, 0.3) is 0 Å². The van der Waals surface area contributed by atoms with Crippen molar-refractivity contribution in [2.24, 2.45) is 5.10 Å². The lowest BCUT2D eigenvalue weighted by molar-refractivity contribution is 0.0954. The van der Waals surface area contributed by atoms with E-state index >= 15 is 0 Å². The molecule has 1 amide bonds. The molecule has 0 aliphatic heterocycles. The van der Waals surface area contributed by atoms with Gasteiger partial charge in [0.15, 0.2) is 0 Å². The Balaban J connectivity index is 1.67. The lowest BCUT2D eigenvalue weighted by atomic mass is 10.1. The monoisotopic (exact) mass is 455 g/mol. The number of pyridine rings is 1. The molecule has 0 aliphatic carbocycles. The van der Waals surface area contributed by atoms with Crippen molar-refractivity contribution in [2.75, 3.05) is 7.11 Å². The molecule has 3 aromatic rings. The van der Waals surface area contributed by atoms with Gasteiger partial charge in [0, 0.05) is 22.0 Å². The predicted molar refractivity (Wildman–Crippen MR) is 116 cm³/mol. The van der Waals surface area contributed by atoms with E-state index < -0.39 is 0 Å². The van der Waals surface area contributed by atoms with Gasteiger partial charge in [-0.1, -0.05) is 18.2 Å². The summed E-state index contributed by atoms with van der Waals surface area (Å²) in [6.07, 6.45) is 3.39. The fraction of sp³-hybridized carbons (Fsp3) is 0.0952. The summed E-state index contributed by atoms with van der Waals surface area (Å²) < 4.78 is 6.17. The van der Waals surface area contributed by atoms with Crippen LogP contribution in [0.2, 0.25) is 0 Å². The van der Waals surface area contributed by atoms with Crippen molar-refractivity contribution in [3.05, 3.63) is 88.0 Å². The molecule has 0 saturated heterocycles. The van der Waals surface area contributed by atoms with Gasteiger partial charge in [0.1, 0.15) is 5.75 Å². The maximum Gasteiger partial charge on any atom is 0.272 e. The Hall–Kier alpha value is -2.64. The number of carbonyl (C=O) groups is 1. The summed E-state index contributed by atoms with van der Waals surface area (Å²) in [7, 11) is 1.65. The minimum atomic E-state index is -0.275. The van der Waals surface area contributed by atoms with E-state index in [-0.39, 0.29) is 5.91 Å². The Kier molecular flexibility index (Phi) is 7.22. The minimum absolute atomic E-state index is 0.275. The molecule has 0 fully saturated rings. The highest BCUT2D eigenvalue weighted by molar-refractivity contribution is 9.10. The maximum absolute atomic E-state index is 12.2. The van der Waals surface area contributed by atoms with E-state index in [1.165, 1.54) is 0 Å². The largest absolute Gasteiger partial charge is 0.496 e. The molecule has 2 aromatic carbocycles. The normalized spacial score (nSPS) is 10.8. The standard InChI is InChI=1S/C21H18BrN3O2S/c1-27-19-10-9-15(12-16(19)14-28-20-8-4-5-11-23-20)13-24-25-21(26)17-6-2-3-7-18(17)22/h2-13H,14H2,1H3,(H,25,26). The molecule has 0 atom stereocenters. The molecule has 1 aromatic heterocycles. The summed E-state index contributed by atoms with van der Waals surface area (Å²) in [5.74, 6) is 1.24. The quantitative estimate of drug-likeness (QED) is 0.312. The number of halogens is 1. The van der Waals surface area contributed by atoms with E-state index in [4.69, 9.17) is 4.74 Å². The topological polar surface area (TPSA) is 63.6 Å². The van der Waals surface area contributed by atoms with E-state index in [1.54, 1.807) is 43.4 Å². The average Bonchev–Trinajstić information content (AvgIpc) is 2.73. The number of hydrogen-bond acceptors (Lipinski definition) is 5. The fourth-order valence-electron chi connectivity index (χ4n) is 2.45. The van der Waals surface area contributed by atoms with Crippen molar-refractivity contribution in [2.45, 2.75) is 10.8 Å². The highest BCUT2D eigenvalue weighted by Crippen LogP contribution is 2.27. The zero-order chi connectivity index (χ0) is 19.8. The van der Waals surface area contributed by atoms with E-state index in [0.717, 1.165) is 26.4 Å². The lowest BCUT2D eigenvalue weighted by Gasteiger charge is -2.09. The van der Waals surface area contributed by atoms with Crippen LogP contribution < -0.4 is 10.2 Å². The van der Waals surface area contributed by atoms with Gasteiger partial charge in [0.25, 0.3) is 5.91 Å². The first kappa shape index (κ1) is 20.1. The molecule has 28 heavy (non-hydrogen) atoms. The number of methoxy groups -OCH3 is 1. The number of thioether (sulfide) groups is 1. The van der Waals surface area contributed by atoms with E-state index in [9.17, 15) is 4.79 Å². The SMILES string of the molecule is COc1ccc(C=NNC(=O)c2ccccc2Br)cc1CSc1ccccn1. The molecule has 7 heteroatoms. The number of rotatable bonds is 7. The number of nitrogens with one attached hydrogen (secondary N) is 1. The van der Waals surface area contributed by atoms with Crippen LogP contribution in [0.4, 0.5) is 0 Å². The minimum Gasteiger partial charge on any atom is -0.496 e. The number of nitrogens with zero attached hydrogens (tertiary/aromatic N) is 2. The Morgan fingerprint density at radius 3 is 2.79 bits per heavy atom. The molecule has 142 valence electrons. The maximum atomic E-state index is 12.2. The molecule has 0 bridgehead atoms. The number of aromatic nitrogens is 1. The zero-order valence-electron chi connectivity index (χ0n) is 15.1. The molecular weight excluding hydrogens is 438 g/mol. The van der Waals surface area contributed by atoms with Crippen LogP contribution in [-0.2, 0) is 5.75 Å². The van der Waals surface area contributed by atoms with E-state index in [1.807, 2.05) is 48.5 Å². The van der Waals surface area contributed by atoms with E-state index in [2.05, 4.69) is 31.4 Å². The third-order valence-corrected chi connectivity index (χ3v) is 5.50. The summed E-state index contributed by atoms with van der Waals surface area (Å²) >= 11 is 4.99. The van der Waals surface area contributed by atoms with Crippen LogP contribution in [0.5, 0.6) is 5.75 Å². The second-order valence-electron chi connectivity index (χ2n) is 5.71. The molecule has 1 N–H and O–H groups in total. The molecule has 5 nitrogen and oxygen atoms in total. The van der Waals surface area contributed by atoms with Gasteiger partial charge in [-0.3, -0.25) is 4.79 Å². The number of amides is 1. The number of carbonyl (C=O) groups excluding carboxylic acids is 1. The summed E-state index contributed by atoms with van der Waals surface area (Å²) in [5, 5.41) is 5.02. The highest BCUT2D eigenvalue weighted by Gasteiger charge is 2.08. The number of hydrazone groups is 1. The molecule has 0 unspecified atom stereocenters. The third kappa shape index (κ3) is 5.43. The molecule has 0 spiro atoms. The second kappa shape index (κ2) is 10.1. The molecule has 1 heterocycles. The van der Waals surface area contributed by atoms with Crippen LogP contribution in [-0.4, -0.2) is 24.2 Å². The first-order valence-corrected chi connectivity index (χ1v) is 10.2. The zero-order valence-corrected chi connectivity index (χ0v) is 17.5. The van der Waals surface area contributed by atoms with Gasteiger partial charge >= 0.3 is 0 Å². The summed E-state index contributed by atoms with van der Waals surface area (Å²) in [6, 6.07) is 18.8. The summed E-state index contributed by atoms with van der Waals surface area (Å²) in [4.78, 5) is 16.5. The Labute approximate surface area is 176 Å². The van der Waals surface area contributed by atoms with Crippen LogP contribution in [0.3, 0.4) is 0 Å². The lowest BCUT2D eigenvalue weighted by Crippen LogP contribution is -2.18. The number of benzene rings is 2. The first-order valence-electron chi connectivity index (χ1n) is 8.46. The van der Waals surface area contributed by atoms with Crippen LogP contribution in [0, 0.1) is 0 Å². The molecule has 0 radical (unpaired) electrons. The first-order chi connectivity index (χ1) is 13.7. The Bertz CT molecular complexity index is 980.